The van der Waals surface area contributed by atoms with Crippen LogP contribution in [0.1, 0.15) is 44.9 Å². The summed E-state index contributed by atoms with van der Waals surface area (Å²) in [6, 6.07) is 12.7. The minimum absolute atomic E-state index is 0.0730. The second kappa shape index (κ2) is 7.31. The Morgan fingerprint density at radius 1 is 1.14 bits per heavy atom. The number of hydrogen-bond donors (Lipinski definition) is 2. The molecule has 1 aromatic heterocycles. The number of para-hydroxylation sites is 2. The highest BCUT2D eigenvalue weighted by atomic mass is 19.1. The summed E-state index contributed by atoms with van der Waals surface area (Å²) in [5.41, 5.74) is 2.96. The number of H-pyrrole nitrogens is 1. The van der Waals surface area contributed by atoms with Crippen molar-refractivity contribution < 1.29 is 18.7 Å². The zero-order chi connectivity index (χ0) is 19.7. The highest BCUT2D eigenvalue weighted by Crippen LogP contribution is 2.31. The van der Waals surface area contributed by atoms with Gasteiger partial charge in [-0.1, -0.05) is 18.2 Å². The second-order valence-corrected chi connectivity index (χ2v) is 6.77. The lowest BCUT2D eigenvalue weighted by Gasteiger charge is -2.12. The Morgan fingerprint density at radius 2 is 1.96 bits per heavy atom. The van der Waals surface area contributed by atoms with E-state index >= 15 is 0 Å². The molecule has 1 heterocycles. The van der Waals surface area contributed by atoms with Crippen LogP contribution in [0, 0.1) is 12.7 Å². The summed E-state index contributed by atoms with van der Waals surface area (Å²) in [6.07, 6.45) is 2.06. The third-order valence-corrected chi connectivity index (χ3v) is 4.82. The standard InChI is InChI=1S/C22H19FN2O3/c1-13-20-17(9-5-10-18(20)26)24-21(13)22(27)25-16-8-2-3-11-19(16)28-15-7-4-6-14(23)12-15/h2-4,6-8,11-12,24H,5,9-10H2,1H3,(H,25,27). The van der Waals surface area contributed by atoms with Gasteiger partial charge in [0.15, 0.2) is 11.5 Å². The maximum atomic E-state index is 13.4. The van der Waals surface area contributed by atoms with Gasteiger partial charge in [0.1, 0.15) is 17.3 Å². The lowest BCUT2D eigenvalue weighted by atomic mass is 9.94. The number of Topliss-reactive ketones (excluding diaryl/α,β-unsaturated/α-hetero) is 1. The summed E-state index contributed by atoms with van der Waals surface area (Å²) in [5.74, 6) is 0.0421. The van der Waals surface area contributed by atoms with Gasteiger partial charge in [-0.3, -0.25) is 9.59 Å². The zero-order valence-electron chi connectivity index (χ0n) is 15.3. The topological polar surface area (TPSA) is 71.2 Å². The van der Waals surface area contributed by atoms with Crippen LogP contribution in [0.5, 0.6) is 11.5 Å². The van der Waals surface area contributed by atoms with Gasteiger partial charge < -0.3 is 15.0 Å². The second-order valence-electron chi connectivity index (χ2n) is 6.77. The number of carbonyl (C=O) groups is 2. The highest BCUT2D eigenvalue weighted by molar-refractivity contribution is 6.08. The monoisotopic (exact) mass is 378 g/mol. The van der Waals surface area contributed by atoms with Gasteiger partial charge >= 0.3 is 0 Å². The first-order valence-electron chi connectivity index (χ1n) is 9.11. The average molecular weight is 378 g/mol. The molecular formula is C22H19FN2O3. The average Bonchev–Trinajstić information content (AvgIpc) is 3.01. The van der Waals surface area contributed by atoms with Gasteiger partial charge in [-0.25, -0.2) is 4.39 Å². The van der Waals surface area contributed by atoms with E-state index in [1.807, 2.05) is 0 Å². The number of anilines is 1. The van der Waals surface area contributed by atoms with Crippen molar-refractivity contribution in [1.82, 2.24) is 4.98 Å². The van der Waals surface area contributed by atoms with Crippen LogP contribution in [-0.4, -0.2) is 16.7 Å². The summed E-state index contributed by atoms with van der Waals surface area (Å²) in [5, 5.41) is 2.83. The van der Waals surface area contributed by atoms with E-state index in [-0.39, 0.29) is 11.7 Å². The zero-order valence-corrected chi connectivity index (χ0v) is 15.3. The van der Waals surface area contributed by atoms with E-state index in [0.29, 0.717) is 40.4 Å². The number of ether oxygens (including phenoxy) is 1. The lowest BCUT2D eigenvalue weighted by Crippen LogP contribution is -2.14. The Balaban J connectivity index is 1.60. The van der Waals surface area contributed by atoms with E-state index in [4.69, 9.17) is 4.74 Å². The molecule has 0 unspecified atom stereocenters. The largest absolute Gasteiger partial charge is 0.455 e. The smallest absolute Gasteiger partial charge is 0.272 e. The summed E-state index contributed by atoms with van der Waals surface area (Å²) < 4.78 is 19.1. The fraction of sp³-hybridized carbons (Fsp3) is 0.182. The normalized spacial score (nSPS) is 13.1. The SMILES string of the molecule is Cc1c(C(=O)Nc2ccccc2Oc2cccc(F)c2)[nH]c2c1C(=O)CCC2. The number of carbonyl (C=O) groups excluding carboxylic acids is 2. The van der Waals surface area contributed by atoms with E-state index in [2.05, 4.69) is 10.3 Å². The number of aryl methyl sites for hydroxylation is 1. The molecule has 0 spiro atoms. The minimum Gasteiger partial charge on any atom is -0.455 e. The number of amides is 1. The number of benzene rings is 2. The van der Waals surface area contributed by atoms with Gasteiger partial charge in [0.2, 0.25) is 0 Å². The third kappa shape index (κ3) is 3.41. The van der Waals surface area contributed by atoms with Gasteiger partial charge in [0.05, 0.1) is 5.69 Å². The van der Waals surface area contributed by atoms with Crippen molar-refractivity contribution in [1.29, 1.82) is 0 Å². The molecule has 0 bridgehead atoms. The van der Waals surface area contributed by atoms with E-state index in [1.54, 1.807) is 43.3 Å². The Kier molecular flexibility index (Phi) is 4.69. The summed E-state index contributed by atoms with van der Waals surface area (Å²) >= 11 is 0. The van der Waals surface area contributed by atoms with Crippen molar-refractivity contribution in [3.63, 3.8) is 0 Å². The van der Waals surface area contributed by atoms with E-state index in [9.17, 15) is 14.0 Å². The maximum absolute atomic E-state index is 13.4. The van der Waals surface area contributed by atoms with Gasteiger partial charge in [-0.05, 0) is 49.6 Å². The molecule has 6 heteroatoms. The fourth-order valence-corrected chi connectivity index (χ4v) is 3.50. The van der Waals surface area contributed by atoms with Crippen LogP contribution in [0.2, 0.25) is 0 Å². The van der Waals surface area contributed by atoms with E-state index in [0.717, 1.165) is 18.5 Å². The molecule has 2 N–H and O–H groups in total. The number of aromatic amines is 1. The number of halogens is 1. The quantitative estimate of drug-likeness (QED) is 0.669. The van der Waals surface area contributed by atoms with Crippen molar-refractivity contribution in [2.45, 2.75) is 26.2 Å². The summed E-state index contributed by atoms with van der Waals surface area (Å²) in [4.78, 5) is 28.1. The number of ketones is 1. The van der Waals surface area contributed by atoms with Crippen molar-refractivity contribution >= 4 is 17.4 Å². The number of aromatic nitrogens is 1. The van der Waals surface area contributed by atoms with E-state index < -0.39 is 5.82 Å². The molecule has 0 radical (unpaired) electrons. The predicted molar refractivity (Wildman–Crippen MR) is 104 cm³/mol. The molecule has 4 rings (SSSR count). The Hall–Kier alpha value is -3.41. The number of fused-ring (bicyclic) bond motifs is 1. The van der Waals surface area contributed by atoms with Crippen LogP contribution in [0.3, 0.4) is 0 Å². The fourth-order valence-electron chi connectivity index (χ4n) is 3.50. The molecule has 0 saturated carbocycles. The third-order valence-electron chi connectivity index (χ3n) is 4.82. The van der Waals surface area contributed by atoms with Crippen molar-refractivity contribution in [3.05, 3.63) is 76.9 Å². The molecule has 0 fully saturated rings. The number of hydrogen-bond acceptors (Lipinski definition) is 3. The highest BCUT2D eigenvalue weighted by Gasteiger charge is 2.26. The molecule has 1 amide bonds. The molecule has 28 heavy (non-hydrogen) atoms. The van der Waals surface area contributed by atoms with Crippen LogP contribution in [-0.2, 0) is 6.42 Å². The molecule has 1 aliphatic carbocycles. The minimum atomic E-state index is -0.406. The molecule has 5 nitrogen and oxygen atoms in total. The van der Waals surface area contributed by atoms with Gasteiger partial charge in [0, 0.05) is 23.7 Å². The van der Waals surface area contributed by atoms with Gasteiger partial charge in [-0.15, -0.1) is 0 Å². The predicted octanol–water partition coefficient (Wildman–Crippen LogP) is 5.03. The summed E-state index contributed by atoms with van der Waals surface area (Å²) in [6.45, 7) is 1.78. The first-order chi connectivity index (χ1) is 13.5. The Morgan fingerprint density at radius 3 is 2.75 bits per heavy atom. The molecular weight excluding hydrogens is 359 g/mol. The molecule has 142 valence electrons. The molecule has 2 aromatic carbocycles. The molecule has 1 aliphatic rings. The molecule has 0 aliphatic heterocycles. The van der Waals surface area contributed by atoms with Crippen LogP contribution < -0.4 is 10.1 Å². The van der Waals surface area contributed by atoms with Gasteiger partial charge in [-0.2, -0.15) is 0 Å². The van der Waals surface area contributed by atoms with Crippen molar-refractivity contribution in [2.24, 2.45) is 0 Å². The van der Waals surface area contributed by atoms with Crippen LogP contribution in [0.15, 0.2) is 48.5 Å². The Bertz CT molecular complexity index is 1070. The van der Waals surface area contributed by atoms with Crippen molar-refractivity contribution in [2.75, 3.05) is 5.32 Å². The van der Waals surface area contributed by atoms with Crippen LogP contribution >= 0.6 is 0 Å². The molecule has 3 aromatic rings. The molecule has 0 saturated heterocycles. The van der Waals surface area contributed by atoms with Crippen molar-refractivity contribution in [3.8, 4) is 11.5 Å². The first kappa shape index (κ1) is 18.0. The Labute approximate surface area is 161 Å². The maximum Gasteiger partial charge on any atom is 0.272 e. The number of rotatable bonds is 4. The van der Waals surface area contributed by atoms with E-state index in [1.165, 1.54) is 12.1 Å². The summed E-state index contributed by atoms with van der Waals surface area (Å²) in [7, 11) is 0. The van der Waals surface area contributed by atoms with Crippen LogP contribution in [0.4, 0.5) is 10.1 Å². The lowest BCUT2D eigenvalue weighted by molar-refractivity contribution is 0.0971. The first-order valence-corrected chi connectivity index (χ1v) is 9.11. The molecule has 0 atom stereocenters. The van der Waals surface area contributed by atoms with Crippen LogP contribution in [0.25, 0.3) is 0 Å². The van der Waals surface area contributed by atoms with Gasteiger partial charge in [0.25, 0.3) is 5.91 Å². The number of nitrogens with one attached hydrogen (secondary N) is 2.